The van der Waals surface area contributed by atoms with Gasteiger partial charge in [-0.05, 0) is 43.7 Å². The number of aromatic nitrogens is 2. The molecule has 1 aromatic heterocycles. The Morgan fingerprint density at radius 1 is 1.04 bits per heavy atom. The minimum atomic E-state index is 0.0343. The van der Waals surface area contributed by atoms with Crippen LogP contribution in [0, 0.1) is 13.8 Å². The number of aryl methyl sites for hydroxylation is 2. The summed E-state index contributed by atoms with van der Waals surface area (Å²) in [5.74, 6) is 1.82. The second kappa shape index (κ2) is 8.26. The minimum Gasteiger partial charge on any atom is -0.493 e. The number of carbonyl (C=O) groups excluding carboxylic acids is 1. The van der Waals surface area contributed by atoms with Crippen LogP contribution >= 0.6 is 11.8 Å². The Balaban J connectivity index is 1.71. The highest BCUT2D eigenvalue weighted by Gasteiger charge is 2.15. The van der Waals surface area contributed by atoms with Gasteiger partial charge in [0.05, 0.1) is 20.0 Å². The fourth-order valence-corrected chi connectivity index (χ4v) is 3.24. The van der Waals surface area contributed by atoms with Gasteiger partial charge in [-0.3, -0.25) is 4.79 Å². The Bertz CT molecular complexity index is 968. The monoisotopic (exact) mass is 384 g/mol. The van der Waals surface area contributed by atoms with Gasteiger partial charge in [0.25, 0.3) is 5.22 Å². The van der Waals surface area contributed by atoms with E-state index in [-0.39, 0.29) is 11.5 Å². The van der Waals surface area contributed by atoms with Crippen LogP contribution in [0.25, 0.3) is 11.5 Å². The number of rotatable bonds is 7. The van der Waals surface area contributed by atoms with E-state index >= 15 is 0 Å². The highest BCUT2D eigenvalue weighted by atomic mass is 32.2. The molecule has 0 radical (unpaired) electrons. The van der Waals surface area contributed by atoms with Gasteiger partial charge >= 0.3 is 0 Å². The molecule has 0 saturated carbocycles. The Morgan fingerprint density at radius 3 is 2.56 bits per heavy atom. The van der Waals surface area contributed by atoms with Crippen LogP contribution in [-0.4, -0.2) is 36.0 Å². The molecule has 0 fully saturated rings. The van der Waals surface area contributed by atoms with Crippen molar-refractivity contribution in [1.29, 1.82) is 0 Å². The minimum absolute atomic E-state index is 0.0343. The van der Waals surface area contributed by atoms with Gasteiger partial charge in [0.1, 0.15) is 0 Å². The molecule has 0 aliphatic carbocycles. The summed E-state index contributed by atoms with van der Waals surface area (Å²) >= 11 is 1.23. The summed E-state index contributed by atoms with van der Waals surface area (Å²) in [5, 5.41) is 8.42. The van der Waals surface area contributed by atoms with Crippen molar-refractivity contribution in [3.8, 4) is 23.0 Å². The van der Waals surface area contributed by atoms with E-state index in [1.165, 1.54) is 11.8 Å². The van der Waals surface area contributed by atoms with Crippen LogP contribution in [0.2, 0.25) is 0 Å². The largest absolute Gasteiger partial charge is 0.493 e. The van der Waals surface area contributed by atoms with Crippen LogP contribution in [0.5, 0.6) is 11.5 Å². The molecule has 27 heavy (non-hydrogen) atoms. The van der Waals surface area contributed by atoms with Crippen LogP contribution in [0.1, 0.15) is 21.5 Å². The van der Waals surface area contributed by atoms with Gasteiger partial charge in [0, 0.05) is 11.1 Å². The van der Waals surface area contributed by atoms with Crippen LogP contribution in [0.15, 0.2) is 46.0 Å². The van der Waals surface area contributed by atoms with Gasteiger partial charge in [-0.15, -0.1) is 10.2 Å². The van der Waals surface area contributed by atoms with Crippen LogP contribution in [-0.2, 0) is 0 Å². The molecule has 0 amide bonds. The first-order valence-electron chi connectivity index (χ1n) is 8.31. The van der Waals surface area contributed by atoms with Crippen molar-refractivity contribution in [2.24, 2.45) is 0 Å². The fraction of sp³-hybridized carbons (Fsp3) is 0.250. The first-order chi connectivity index (χ1) is 13.0. The van der Waals surface area contributed by atoms with Gasteiger partial charge in [0.15, 0.2) is 17.3 Å². The van der Waals surface area contributed by atoms with Crippen LogP contribution < -0.4 is 9.47 Å². The first-order valence-corrected chi connectivity index (χ1v) is 9.29. The van der Waals surface area contributed by atoms with E-state index in [1.54, 1.807) is 26.4 Å². The predicted octanol–water partition coefficient (Wildman–Crippen LogP) is 4.35. The molecular formula is C20H20N2O4S. The van der Waals surface area contributed by atoms with Crippen molar-refractivity contribution in [3.05, 3.63) is 53.1 Å². The number of ether oxygens (including phenoxy) is 2. The van der Waals surface area contributed by atoms with E-state index in [2.05, 4.69) is 10.2 Å². The molecule has 7 heteroatoms. The molecule has 0 aliphatic heterocycles. The number of hydrogen-bond donors (Lipinski definition) is 0. The van der Waals surface area contributed by atoms with Gasteiger partial charge in [-0.2, -0.15) is 0 Å². The topological polar surface area (TPSA) is 74.5 Å². The zero-order valence-corrected chi connectivity index (χ0v) is 16.4. The van der Waals surface area contributed by atoms with Crippen LogP contribution in [0.4, 0.5) is 0 Å². The van der Waals surface area contributed by atoms with Gasteiger partial charge in [0.2, 0.25) is 5.89 Å². The molecule has 0 N–H and O–H groups in total. The summed E-state index contributed by atoms with van der Waals surface area (Å²) in [4.78, 5) is 12.5. The lowest BCUT2D eigenvalue weighted by atomic mass is 10.0. The smallest absolute Gasteiger partial charge is 0.277 e. The van der Waals surface area contributed by atoms with E-state index < -0.39 is 0 Å². The summed E-state index contributed by atoms with van der Waals surface area (Å²) < 4.78 is 16.2. The molecule has 140 valence electrons. The fourth-order valence-electron chi connectivity index (χ4n) is 2.60. The summed E-state index contributed by atoms with van der Waals surface area (Å²) in [6.45, 7) is 3.90. The standard InChI is InChI=1S/C20H20N2O4S/c1-12-5-6-13(2)15(9-12)16(23)11-27-20-22-21-19(26-20)14-7-8-17(24-3)18(10-14)25-4/h5-10H,11H2,1-4H3. The molecule has 0 bridgehead atoms. The van der Waals surface area contributed by atoms with Gasteiger partial charge in [-0.25, -0.2) is 0 Å². The molecule has 0 atom stereocenters. The molecule has 0 spiro atoms. The summed E-state index contributed by atoms with van der Waals surface area (Å²) in [5.41, 5.74) is 3.46. The molecular weight excluding hydrogens is 364 g/mol. The zero-order chi connectivity index (χ0) is 19.4. The summed E-state index contributed by atoms with van der Waals surface area (Å²) in [6.07, 6.45) is 0. The summed E-state index contributed by atoms with van der Waals surface area (Å²) in [7, 11) is 3.14. The summed E-state index contributed by atoms with van der Waals surface area (Å²) in [6, 6.07) is 11.2. The number of nitrogens with zero attached hydrogens (tertiary/aromatic N) is 2. The normalized spacial score (nSPS) is 10.7. The van der Waals surface area contributed by atoms with E-state index in [4.69, 9.17) is 13.9 Å². The zero-order valence-electron chi connectivity index (χ0n) is 15.6. The van der Waals surface area contributed by atoms with Crippen LogP contribution in [0.3, 0.4) is 0 Å². The van der Waals surface area contributed by atoms with E-state index in [9.17, 15) is 4.79 Å². The van der Waals surface area contributed by atoms with Crippen molar-refractivity contribution in [2.45, 2.75) is 19.1 Å². The molecule has 0 aliphatic rings. The molecule has 1 heterocycles. The Labute approximate surface area is 161 Å². The average molecular weight is 384 g/mol. The quantitative estimate of drug-likeness (QED) is 0.443. The SMILES string of the molecule is COc1ccc(-c2nnc(SCC(=O)c3cc(C)ccc3C)o2)cc1OC. The number of ketones is 1. The van der Waals surface area contributed by atoms with Crippen molar-refractivity contribution >= 4 is 17.5 Å². The highest BCUT2D eigenvalue weighted by molar-refractivity contribution is 7.99. The van der Waals surface area contributed by atoms with E-state index in [0.29, 0.717) is 28.2 Å². The Hall–Kier alpha value is -2.80. The number of hydrogen-bond acceptors (Lipinski definition) is 7. The lowest BCUT2D eigenvalue weighted by Gasteiger charge is -2.07. The third-order valence-corrected chi connectivity index (χ3v) is 4.88. The van der Waals surface area contributed by atoms with E-state index in [0.717, 1.165) is 16.7 Å². The van der Waals surface area contributed by atoms with Gasteiger partial charge in [-0.1, -0.05) is 29.5 Å². The van der Waals surface area contributed by atoms with Crippen molar-refractivity contribution in [3.63, 3.8) is 0 Å². The number of carbonyl (C=O) groups is 1. The molecule has 6 nitrogen and oxygen atoms in total. The lowest BCUT2D eigenvalue weighted by Crippen LogP contribution is -2.05. The van der Waals surface area contributed by atoms with Gasteiger partial charge < -0.3 is 13.9 Å². The van der Waals surface area contributed by atoms with E-state index in [1.807, 2.05) is 38.1 Å². The number of Topliss-reactive ketones (excluding diaryl/α,β-unsaturated/α-hetero) is 1. The maximum atomic E-state index is 12.5. The Kier molecular flexibility index (Phi) is 5.81. The molecule has 0 saturated heterocycles. The molecule has 0 unspecified atom stereocenters. The van der Waals surface area contributed by atoms with Crippen molar-refractivity contribution in [2.75, 3.05) is 20.0 Å². The number of methoxy groups -OCH3 is 2. The number of thioether (sulfide) groups is 1. The lowest BCUT2D eigenvalue weighted by molar-refractivity contribution is 0.102. The van der Waals surface area contributed by atoms with Crippen molar-refractivity contribution < 1.29 is 18.7 Å². The third kappa shape index (κ3) is 4.31. The Morgan fingerprint density at radius 2 is 1.81 bits per heavy atom. The maximum absolute atomic E-state index is 12.5. The number of benzene rings is 2. The first kappa shape index (κ1) is 19.0. The second-order valence-corrected chi connectivity index (χ2v) is 6.90. The average Bonchev–Trinajstić information content (AvgIpc) is 3.16. The highest BCUT2D eigenvalue weighted by Crippen LogP contribution is 2.32. The molecule has 3 rings (SSSR count). The second-order valence-electron chi connectivity index (χ2n) is 5.97. The maximum Gasteiger partial charge on any atom is 0.277 e. The molecule has 2 aromatic carbocycles. The third-order valence-electron chi connectivity index (χ3n) is 4.06. The van der Waals surface area contributed by atoms with Crippen molar-refractivity contribution in [1.82, 2.24) is 10.2 Å². The predicted molar refractivity (Wildman–Crippen MR) is 104 cm³/mol. The molecule has 3 aromatic rings.